The number of aliphatic carboxylic acids is 1. The van der Waals surface area contributed by atoms with Crippen LogP contribution < -0.4 is 10.7 Å². The zero-order valence-corrected chi connectivity index (χ0v) is 18.0. The van der Waals surface area contributed by atoms with E-state index in [1.807, 2.05) is 48.5 Å². The number of aliphatic hydroxyl groups is 1. The molecule has 4 N–H and O–H groups in total. The van der Waals surface area contributed by atoms with Crippen LogP contribution in [-0.2, 0) is 4.79 Å². The van der Waals surface area contributed by atoms with Crippen molar-refractivity contribution in [1.29, 1.82) is 0 Å². The SMILES string of the molecule is CC(CO)(N=c1cnc2c(Nc3cccc(-c4ccccc4)c3Cl)[nH]sc-2c1)C(=O)O. The monoisotopic (exact) mass is 454 g/mol. The van der Waals surface area contributed by atoms with E-state index in [4.69, 9.17) is 11.6 Å². The summed E-state index contributed by atoms with van der Waals surface area (Å²) in [6.07, 6.45) is 1.48. The maximum atomic E-state index is 11.4. The van der Waals surface area contributed by atoms with Gasteiger partial charge < -0.3 is 15.5 Å². The summed E-state index contributed by atoms with van der Waals surface area (Å²) in [6.45, 7) is 0.745. The predicted octanol–water partition coefficient (Wildman–Crippen LogP) is 4.38. The molecule has 0 spiro atoms. The van der Waals surface area contributed by atoms with Crippen LogP contribution in [0.2, 0.25) is 5.02 Å². The van der Waals surface area contributed by atoms with Gasteiger partial charge in [0, 0.05) is 5.56 Å². The van der Waals surface area contributed by atoms with Crippen LogP contribution in [0.4, 0.5) is 11.5 Å². The van der Waals surface area contributed by atoms with Crippen molar-refractivity contribution >= 4 is 40.6 Å². The molecule has 0 fully saturated rings. The average molecular weight is 455 g/mol. The second kappa shape index (κ2) is 8.50. The number of hydrogen-bond acceptors (Lipinski definition) is 6. The molecule has 0 saturated heterocycles. The minimum absolute atomic E-state index is 0.373. The van der Waals surface area contributed by atoms with Gasteiger partial charge in [-0.15, -0.1) is 0 Å². The number of anilines is 2. The molecule has 1 unspecified atom stereocenters. The third kappa shape index (κ3) is 4.18. The van der Waals surface area contributed by atoms with Gasteiger partial charge in [0.2, 0.25) is 0 Å². The minimum atomic E-state index is -1.62. The predicted molar refractivity (Wildman–Crippen MR) is 122 cm³/mol. The number of aromatic nitrogens is 2. The Balaban J connectivity index is 1.68. The molecule has 7 nitrogen and oxygen atoms in total. The summed E-state index contributed by atoms with van der Waals surface area (Å²) in [7, 11) is 0. The highest BCUT2D eigenvalue weighted by Gasteiger charge is 2.31. The van der Waals surface area contributed by atoms with Crippen LogP contribution in [0.25, 0.3) is 21.7 Å². The Hall–Kier alpha value is -3.20. The molecular weight excluding hydrogens is 436 g/mol. The second-order valence-electron chi connectivity index (χ2n) is 7.13. The fraction of sp³-hybridized carbons (Fsp3) is 0.136. The minimum Gasteiger partial charge on any atom is -0.479 e. The van der Waals surface area contributed by atoms with Gasteiger partial charge in [0.05, 0.1) is 33.7 Å². The number of H-pyrrole nitrogens is 1. The number of pyridine rings is 1. The smallest absolute Gasteiger partial charge is 0.333 e. The van der Waals surface area contributed by atoms with Gasteiger partial charge in [-0.25, -0.2) is 9.78 Å². The maximum absolute atomic E-state index is 11.4. The molecule has 9 heteroatoms. The number of fused-ring (bicyclic) bond motifs is 1. The summed E-state index contributed by atoms with van der Waals surface area (Å²) in [4.78, 5) is 20.8. The number of aromatic amines is 1. The maximum Gasteiger partial charge on any atom is 0.333 e. The van der Waals surface area contributed by atoms with Crippen molar-refractivity contribution < 1.29 is 15.0 Å². The number of nitrogens with zero attached hydrogens (tertiary/aromatic N) is 2. The number of benzene rings is 2. The average Bonchev–Trinajstić information content (AvgIpc) is 3.17. The molecular formula is C22H19ClN4O3S. The highest BCUT2D eigenvalue weighted by atomic mass is 35.5. The van der Waals surface area contributed by atoms with E-state index in [1.54, 1.807) is 6.07 Å². The van der Waals surface area contributed by atoms with E-state index in [2.05, 4.69) is 19.7 Å². The summed E-state index contributed by atoms with van der Waals surface area (Å²) in [5.41, 5.74) is 1.71. The molecule has 2 aliphatic heterocycles. The van der Waals surface area contributed by atoms with Gasteiger partial charge >= 0.3 is 5.97 Å². The molecule has 1 atom stereocenters. The molecule has 0 bridgehead atoms. The zero-order valence-electron chi connectivity index (χ0n) is 16.5. The Kier molecular flexibility index (Phi) is 5.77. The molecule has 0 saturated carbocycles. The van der Waals surface area contributed by atoms with Crippen molar-refractivity contribution in [2.75, 3.05) is 11.9 Å². The van der Waals surface area contributed by atoms with Crippen molar-refractivity contribution in [2.24, 2.45) is 4.99 Å². The van der Waals surface area contributed by atoms with Crippen molar-refractivity contribution in [1.82, 2.24) is 9.36 Å². The molecule has 31 heavy (non-hydrogen) atoms. The van der Waals surface area contributed by atoms with Crippen molar-refractivity contribution in [3.05, 3.63) is 71.2 Å². The fourth-order valence-corrected chi connectivity index (χ4v) is 4.11. The fourth-order valence-electron chi connectivity index (χ4n) is 3.04. The summed E-state index contributed by atoms with van der Waals surface area (Å²) >= 11 is 8.00. The van der Waals surface area contributed by atoms with E-state index in [-0.39, 0.29) is 0 Å². The van der Waals surface area contributed by atoms with Gasteiger partial charge in [-0.2, -0.15) is 0 Å². The molecule has 0 aromatic heterocycles. The highest BCUT2D eigenvalue weighted by Crippen LogP contribution is 2.38. The molecule has 0 aliphatic carbocycles. The first kappa shape index (κ1) is 21.0. The van der Waals surface area contributed by atoms with Crippen molar-refractivity contribution in [3.8, 4) is 21.7 Å². The van der Waals surface area contributed by atoms with Crippen LogP contribution >= 0.6 is 23.1 Å². The molecule has 2 aromatic carbocycles. The molecule has 0 radical (unpaired) electrons. The van der Waals surface area contributed by atoms with E-state index < -0.39 is 18.1 Å². The number of carboxylic acid groups (broad SMARTS) is 1. The Morgan fingerprint density at radius 1 is 1.26 bits per heavy atom. The van der Waals surface area contributed by atoms with Crippen molar-refractivity contribution in [3.63, 3.8) is 0 Å². The van der Waals surface area contributed by atoms with E-state index in [0.29, 0.717) is 21.9 Å². The van der Waals surface area contributed by atoms with Crippen LogP contribution in [-0.4, -0.2) is 37.7 Å². The van der Waals surface area contributed by atoms with E-state index in [9.17, 15) is 15.0 Å². The third-order valence-electron chi connectivity index (χ3n) is 4.83. The Labute approximate surface area is 187 Å². The first-order valence-corrected chi connectivity index (χ1v) is 10.6. The van der Waals surface area contributed by atoms with Crippen LogP contribution in [0.3, 0.4) is 0 Å². The lowest BCUT2D eigenvalue weighted by atomic mass is 10.1. The van der Waals surface area contributed by atoms with Gasteiger partial charge in [-0.05, 0) is 24.6 Å². The van der Waals surface area contributed by atoms with Crippen LogP contribution in [0.1, 0.15) is 6.92 Å². The van der Waals surface area contributed by atoms with Crippen molar-refractivity contribution in [2.45, 2.75) is 12.5 Å². The lowest BCUT2D eigenvalue weighted by Crippen LogP contribution is -2.39. The number of hydrogen-bond donors (Lipinski definition) is 4. The molecule has 2 heterocycles. The lowest BCUT2D eigenvalue weighted by molar-refractivity contribution is -0.144. The van der Waals surface area contributed by atoms with Gasteiger partial charge in [-0.1, -0.05) is 65.6 Å². The molecule has 4 rings (SSSR count). The second-order valence-corrected chi connectivity index (χ2v) is 8.35. The van der Waals surface area contributed by atoms with Crippen LogP contribution in [0, 0.1) is 0 Å². The highest BCUT2D eigenvalue weighted by molar-refractivity contribution is 7.10. The van der Waals surface area contributed by atoms with E-state index >= 15 is 0 Å². The van der Waals surface area contributed by atoms with Gasteiger partial charge in [0.15, 0.2) is 5.54 Å². The number of halogens is 1. The first-order valence-electron chi connectivity index (χ1n) is 9.39. The third-order valence-corrected chi connectivity index (χ3v) is 6.07. The lowest BCUT2D eigenvalue weighted by Gasteiger charge is -2.16. The molecule has 158 valence electrons. The summed E-state index contributed by atoms with van der Waals surface area (Å²) in [6, 6.07) is 17.4. The van der Waals surface area contributed by atoms with Gasteiger partial charge in [-0.3, -0.25) is 9.37 Å². The number of rotatable bonds is 6. The quantitative estimate of drug-likeness (QED) is 0.345. The number of nitrogens with one attached hydrogen (secondary N) is 2. The topological polar surface area (TPSA) is 111 Å². The molecule has 2 aromatic rings. The molecule has 2 aliphatic rings. The van der Waals surface area contributed by atoms with Crippen LogP contribution in [0.15, 0.2) is 65.8 Å². The summed E-state index contributed by atoms with van der Waals surface area (Å²) < 4.78 is 3.18. The zero-order chi connectivity index (χ0) is 22.0. The summed E-state index contributed by atoms with van der Waals surface area (Å²) in [5.74, 6) is -0.537. The van der Waals surface area contributed by atoms with Gasteiger partial charge in [0.1, 0.15) is 11.5 Å². The van der Waals surface area contributed by atoms with Crippen LogP contribution in [0.5, 0.6) is 0 Å². The van der Waals surface area contributed by atoms with Gasteiger partial charge in [0.25, 0.3) is 0 Å². The Bertz CT molecular complexity index is 1270. The summed E-state index contributed by atoms with van der Waals surface area (Å²) in [5, 5.41) is 23.0. The number of aliphatic hydroxyl groups excluding tert-OH is 1. The number of carbonyl (C=O) groups is 1. The Morgan fingerprint density at radius 2 is 2.03 bits per heavy atom. The van der Waals surface area contributed by atoms with E-state index in [0.717, 1.165) is 21.7 Å². The normalized spacial score (nSPS) is 13.8. The first-order chi connectivity index (χ1) is 14.9. The van der Waals surface area contributed by atoms with E-state index in [1.165, 1.54) is 24.7 Å². The standard InChI is InChI=1S/C22H19ClN4O3S/c1-22(12-28,21(29)30)26-14-10-17-19(24-11-14)20(27-31-17)25-16-9-5-8-15(18(16)23)13-6-3-2-4-7-13/h2-11,25,27-28H,12H2,1H3,(H,29,30). The Morgan fingerprint density at radius 3 is 2.74 bits per heavy atom. The molecule has 0 amide bonds. The largest absolute Gasteiger partial charge is 0.479 e. The number of carboxylic acids is 1.